The van der Waals surface area contributed by atoms with Crippen LogP contribution in [0.2, 0.25) is 0 Å². The summed E-state index contributed by atoms with van der Waals surface area (Å²) in [5, 5.41) is 13.7. The largest absolute Gasteiger partial charge is 0.463 e. The quantitative estimate of drug-likeness (QED) is 0.648. The Balaban J connectivity index is 2.09. The monoisotopic (exact) mass is 296 g/mol. The second kappa shape index (κ2) is 6.42. The van der Waals surface area contributed by atoms with E-state index in [1.54, 1.807) is 17.8 Å². The van der Waals surface area contributed by atoms with Gasteiger partial charge in [-0.25, -0.2) is 4.39 Å². The van der Waals surface area contributed by atoms with Crippen molar-refractivity contribution in [1.82, 2.24) is 0 Å². The van der Waals surface area contributed by atoms with Crippen molar-refractivity contribution >= 4 is 23.1 Å². The highest BCUT2D eigenvalue weighted by Crippen LogP contribution is 2.25. The van der Waals surface area contributed by atoms with Crippen LogP contribution in [-0.2, 0) is 12.3 Å². The minimum atomic E-state index is -0.553. The topological polar surface area (TPSA) is 68.3 Å². The summed E-state index contributed by atoms with van der Waals surface area (Å²) < 4.78 is 18.7. The fourth-order valence-electron chi connectivity index (χ4n) is 1.73. The molecule has 0 amide bonds. The number of nitro benzene ring substituents is 1. The lowest BCUT2D eigenvalue weighted by Crippen LogP contribution is -2.02. The molecule has 20 heavy (non-hydrogen) atoms. The molecule has 2 rings (SSSR count). The van der Waals surface area contributed by atoms with Gasteiger partial charge in [0.2, 0.25) is 0 Å². The Bertz CT molecular complexity index is 615. The zero-order valence-corrected chi connectivity index (χ0v) is 11.6. The van der Waals surface area contributed by atoms with E-state index in [1.807, 2.05) is 12.3 Å². The molecule has 2 aromatic rings. The van der Waals surface area contributed by atoms with Gasteiger partial charge in [-0.1, -0.05) is 0 Å². The first-order chi connectivity index (χ1) is 9.60. The highest BCUT2D eigenvalue weighted by atomic mass is 32.2. The standard InChI is InChI=1S/C13H13FN2O3S/c1-20-8-11-4-3-10(19-11)7-15-12-6-9(14)2-5-13(12)16(17)18/h2-6,15H,7-8H2,1H3. The minimum Gasteiger partial charge on any atom is -0.463 e. The second-order valence-corrected chi connectivity index (χ2v) is 4.94. The Morgan fingerprint density at radius 2 is 2.10 bits per heavy atom. The van der Waals surface area contributed by atoms with Crippen LogP contribution in [0.5, 0.6) is 0 Å². The molecule has 0 spiro atoms. The summed E-state index contributed by atoms with van der Waals surface area (Å²) >= 11 is 1.64. The van der Waals surface area contributed by atoms with E-state index >= 15 is 0 Å². The zero-order valence-electron chi connectivity index (χ0n) is 10.8. The summed E-state index contributed by atoms with van der Waals surface area (Å²) in [4.78, 5) is 10.3. The third-order valence-electron chi connectivity index (χ3n) is 2.61. The lowest BCUT2D eigenvalue weighted by atomic mass is 10.2. The predicted molar refractivity (Wildman–Crippen MR) is 76.3 cm³/mol. The van der Waals surface area contributed by atoms with Gasteiger partial charge in [-0.15, -0.1) is 0 Å². The molecule has 1 aromatic carbocycles. The normalized spacial score (nSPS) is 10.5. The van der Waals surface area contributed by atoms with Crippen LogP contribution in [0.3, 0.4) is 0 Å². The van der Waals surface area contributed by atoms with Crippen molar-refractivity contribution in [3.05, 3.63) is 57.8 Å². The zero-order chi connectivity index (χ0) is 14.5. The Morgan fingerprint density at radius 1 is 1.35 bits per heavy atom. The molecule has 0 saturated heterocycles. The number of nitrogens with one attached hydrogen (secondary N) is 1. The van der Waals surface area contributed by atoms with Crippen molar-refractivity contribution in [2.75, 3.05) is 11.6 Å². The summed E-state index contributed by atoms with van der Waals surface area (Å²) in [6.45, 7) is 0.263. The van der Waals surface area contributed by atoms with Crippen LogP contribution >= 0.6 is 11.8 Å². The van der Waals surface area contributed by atoms with Crippen LogP contribution < -0.4 is 5.32 Å². The molecule has 7 heteroatoms. The van der Waals surface area contributed by atoms with Crippen LogP contribution in [0, 0.1) is 15.9 Å². The van der Waals surface area contributed by atoms with E-state index in [4.69, 9.17) is 4.42 Å². The molecule has 5 nitrogen and oxygen atoms in total. The molecule has 1 N–H and O–H groups in total. The van der Waals surface area contributed by atoms with Crippen molar-refractivity contribution in [2.24, 2.45) is 0 Å². The Labute approximate surface area is 119 Å². The average Bonchev–Trinajstić information content (AvgIpc) is 2.84. The minimum absolute atomic E-state index is 0.137. The maximum Gasteiger partial charge on any atom is 0.292 e. The number of halogens is 1. The summed E-state index contributed by atoms with van der Waals surface area (Å²) in [6.07, 6.45) is 1.97. The van der Waals surface area contributed by atoms with E-state index in [0.29, 0.717) is 5.76 Å². The molecule has 0 radical (unpaired) electrons. The number of rotatable bonds is 6. The highest BCUT2D eigenvalue weighted by molar-refractivity contribution is 7.97. The van der Waals surface area contributed by atoms with Crippen molar-refractivity contribution in [2.45, 2.75) is 12.3 Å². The van der Waals surface area contributed by atoms with Crippen LogP contribution in [0.4, 0.5) is 15.8 Å². The summed E-state index contributed by atoms with van der Waals surface area (Å²) in [7, 11) is 0. The first-order valence-electron chi connectivity index (χ1n) is 5.84. The van der Waals surface area contributed by atoms with Crippen molar-refractivity contribution in [1.29, 1.82) is 0 Å². The van der Waals surface area contributed by atoms with E-state index in [-0.39, 0.29) is 17.9 Å². The Hall–Kier alpha value is -2.02. The van der Waals surface area contributed by atoms with Crippen molar-refractivity contribution in [3.8, 4) is 0 Å². The first-order valence-corrected chi connectivity index (χ1v) is 7.24. The van der Waals surface area contributed by atoms with E-state index in [1.165, 1.54) is 0 Å². The molecular weight excluding hydrogens is 283 g/mol. The highest BCUT2D eigenvalue weighted by Gasteiger charge is 2.14. The van der Waals surface area contributed by atoms with E-state index in [9.17, 15) is 14.5 Å². The van der Waals surface area contributed by atoms with Gasteiger partial charge >= 0.3 is 0 Å². The van der Waals surface area contributed by atoms with Gasteiger partial charge in [0.1, 0.15) is 23.0 Å². The number of hydrogen-bond acceptors (Lipinski definition) is 5. The molecule has 106 valence electrons. The van der Waals surface area contributed by atoms with Crippen molar-refractivity contribution < 1.29 is 13.7 Å². The van der Waals surface area contributed by atoms with E-state index in [2.05, 4.69) is 5.32 Å². The molecule has 1 heterocycles. The van der Waals surface area contributed by atoms with Gasteiger partial charge in [0.05, 0.1) is 17.2 Å². The Morgan fingerprint density at radius 3 is 2.80 bits per heavy atom. The van der Waals surface area contributed by atoms with Crippen LogP contribution in [0.15, 0.2) is 34.7 Å². The molecular formula is C13H13FN2O3S. The van der Waals surface area contributed by atoms with Gasteiger partial charge in [-0.05, 0) is 24.5 Å². The third kappa shape index (κ3) is 3.51. The molecule has 0 aliphatic carbocycles. The molecule has 0 saturated carbocycles. The molecule has 0 aliphatic rings. The fourth-order valence-corrected chi connectivity index (χ4v) is 2.17. The van der Waals surface area contributed by atoms with E-state index < -0.39 is 10.7 Å². The number of anilines is 1. The molecule has 1 aromatic heterocycles. The number of benzene rings is 1. The van der Waals surface area contributed by atoms with Gasteiger partial charge in [0, 0.05) is 12.1 Å². The lowest BCUT2D eigenvalue weighted by molar-refractivity contribution is -0.384. The van der Waals surface area contributed by atoms with Crippen molar-refractivity contribution in [3.63, 3.8) is 0 Å². The molecule has 0 fully saturated rings. The SMILES string of the molecule is CSCc1ccc(CNc2cc(F)ccc2[N+](=O)[O-])o1. The number of nitro groups is 1. The van der Waals surface area contributed by atoms with Crippen LogP contribution in [0.1, 0.15) is 11.5 Å². The number of thioether (sulfide) groups is 1. The van der Waals surface area contributed by atoms with Gasteiger partial charge in [0.15, 0.2) is 0 Å². The number of furan rings is 1. The molecule has 0 atom stereocenters. The Kier molecular flexibility index (Phi) is 4.62. The van der Waals surface area contributed by atoms with E-state index in [0.717, 1.165) is 29.7 Å². The predicted octanol–water partition coefficient (Wildman–Crippen LogP) is 3.80. The maximum atomic E-state index is 13.2. The molecule has 0 bridgehead atoms. The number of nitrogens with zero attached hydrogens (tertiary/aromatic N) is 1. The average molecular weight is 296 g/mol. The second-order valence-electron chi connectivity index (χ2n) is 4.07. The van der Waals surface area contributed by atoms with Crippen LogP contribution in [0.25, 0.3) is 0 Å². The fraction of sp³-hybridized carbons (Fsp3) is 0.231. The first kappa shape index (κ1) is 14.4. The van der Waals surface area contributed by atoms with Gasteiger partial charge in [0.25, 0.3) is 5.69 Å². The summed E-state index contributed by atoms with van der Waals surface area (Å²) in [5.74, 6) is 1.72. The molecule has 0 unspecified atom stereocenters. The molecule has 0 aliphatic heterocycles. The van der Waals surface area contributed by atoms with Crippen LogP contribution in [-0.4, -0.2) is 11.2 Å². The van der Waals surface area contributed by atoms with Gasteiger partial charge < -0.3 is 9.73 Å². The summed E-state index contributed by atoms with van der Waals surface area (Å²) in [5.41, 5.74) is -0.0277. The number of hydrogen-bond donors (Lipinski definition) is 1. The smallest absolute Gasteiger partial charge is 0.292 e. The lowest BCUT2D eigenvalue weighted by Gasteiger charge is -2.05. The third-order valence-corrected chi connectivity index (χ3v) is 3.19. The van der Waals surface area contributed by atoms with Gasteiger partial charge in [-0.2, -0.15) is 11.8 Å². The summed E-state index contributed by atoms with van der Waals surface area (Å²) in [6, 6.07) is 6.95. The van der Waals surface area contributed by atoms with Gasteiger partial charge in [-0.3, -0.25) is 10.1 Å². The maximum absolute atomic E-state index is 13.2.